The minimum atomic E-state index is -4.31. The van der Waals surface area contributed by atoms with Gasteiger partial charge in [-0.2, -0.15) is 0 Å². The van der Waals surface area contributed by atoms with E-state index in [1.807, 2.05) is 36.4 Å². The van der Waals surface area contributed by atoms with Gasteiger partial charge in [-0.1, -0.05) is 42.5 Å². The fourth-order valence-electron chi connectivity index (χ4n) is 2.01. The minimum Gasteiger partial charge on any atom is -0.320 e. The van der Waals surface area contributed by atoms with Crippen LogP contribution in [0, 0.1) is 0 Å². The summed E-state index contributed by atoms with van der Waals surface area (Å²) in [7, 11) is -4.31. The molecule has 0 spiro atoms. The zero-order valence-corrected chi connectivity index (χ0v) is 10.2. The molecule has 0 aliphatic carbocycles. The van der Waals surface area contributed by atoms with Crippen LogP contribution in [0.15, 0.2) is 48.5 Å². The molecule has 5 heteroatoms. The van der Waals surface area contributed by atoms with E-state index in [2.05, 4.69) is 4.98 Å². The summed E-state index contributed by atoms with van der Waals surface area (Å²) < 4.78 is 11.2. The minimum absolute atomic E-state index is 0.189. The predicted molar refractivity (Wildman–Crippen MR) is 70.9 cm³/mol. The summed E-state index contributed by atoms with van der Waals surface area (Å²) in [6.45, 7) is 0. The maximum absolute atomic E-state index is 11.2. The Balaban J connectivity index is 2.44. The Morgan fingerprint density at radius 3 is 2.33 bits per heavy atom. The lowest BCUT2D eigenvalue weighted by Crippen LogP contribution is -2.08. The monoisotopic (exact) mass is 259 g/mol. The van der Waals surface area contributed by atoms with Gasteiger partial charge in [-0.05, 0) is 11.5 Å². The van der Waals surface area contributed by atoms with Crippen LogP contribution in [0.3, 0.4) is 0 Å². The van der Waals surface area contributed by atoms with Crippen LogP contribution in [0.1, 0.15) is 0 Å². The molecule has 0 saturated heterocycles. The first-order valence-electron chi connectivity index (χ1n) is 5.40. The first-order chi connectivity index (χ1) is 8.55. The number of fused-ring (bicyclic) bond motifs is 3. The van der Waals surface area contributed by atoms with Crippen molar-refractivity contribution < 1.29 is 14.4 Å². The molecule has 90 valence electrons. The maximum atomic E-state index is 11.2. The molecular weight excluding hydrogens is 249 g/mol. The summed E-state index contributed by atoms with van der Waals surface area (Å²) >= 11 is 0. The fourth-order valence-corrected chi connectivity index (χ4v) is 2.51. The molecule has 0 amide bonds. The number of rotatable bonds is 1. The average Bonchev–Trinajstić information content (AvgIpc) is 2.37. The van der Waals surface area contributed by atoms with Crippen molar-refractivity contribution in [2.45, 2.75) is 0 Å². The van der Waals surface area contributed by atoms with Gasteiger partial charge in [-0.3, -0.25) is 4.57 Å². The van der Waals surface area contributed by atoms with Crippen molar-refractivity contribution in [3.63, 3.8) is 0 Å². The van der Waals surface area contributed by atoms with Gasteiger partial charge in [0.2, 0.25) is 0 Å². The second-order valence-corrected chi connectivity index (χ2v) is 5.62. The third-order valence-electron chi connectivity index (χ3n) is 2.87. The Morgan fingerprint density at radius 1 is 0.889 bits per heavy atom. The average molecular weight is 259 g/mol. The van der Waals surface area contributed by atoms with Crippen LogP contribution in [0.5, 0.6) is 0 Å². The van der Waals surface area contributed by atoms with Gasteiger partial charge < -0.3 is 9.79 Å². The van der Waals surface area contributed by atoms with Crippen molar-refractivity contribution in [2.75, 3.05) is 0 Å². The second-order valence-electron chi connectivity index (χ2n) is 4.07. The zero-order chi connectivity index (χ0) is 12.8. The molecule has 0 fully saturated rings. The van der Waals surface area contributed by atoms with Gasteiger partial charge in [0.05, 0.1) is 5.52 Å². The molecule has 0 saturated carbocycles. The highest BCUT2D eigenvalue weighted by Gasteiger charge is 2.19. The first-order valence-corrected chi connectivity index (χ1v) is 7.01. The zero-order valence-electron chi connectivity index (χ0n) is 9.32. The summed E-state index contributed by atoms with van der Waals surface area (Å²) in [6.07, 6.45) is 0. The van der Waals surface area contributed by atoms with Crippen molar-refractivity contribution >= 4 is 34.7 Å². The molecule has 4 nitrogen and oxygen atoms in total. The van der Waals surface area contributed by atoms with Gasteiger partial charge in [-0.25, -0.2) is 4.98 Å². The van der Waals surface area contributed by atoms with Crippen LogP contribution < -0.4 is 5.44 Å². The van der Waals surface area contributed by atoms with Gasteiger partial charge in [-0.15, -0.1) is 0 Å². The number of benzene rings is 2. The third kappa shape index (κ3) is 1.81. The lowest BCUT2D eigenvalue weighted by molar-refractivity contribution is 0.386. The largest absolute Gasteiger partial charge is 0.374 e. The standard InChI is InChI=1S/C13H10NO3P/c15-18(16,17)12-8-7-10-6-5-9-3-1-2-4-11(9)13(10)14-12/h1-8H,(H2,15,16,17). The van der Waals surface area contributed by atoms with Crippen LogP contribution in [-0.4, -0.2) is 14.8 Å². The predicted octanol–water partition coefficient (Wildman–Crippen LogP) is 2.19. The molecule has 0 unspecified atom stereocenters. The normalized spacial score (nSPS) is 12.1. The number of aromatic nitrogens is 1. The van der Waals surface area contributed by atoms with Gasteiger partial charge in [0.1, 0.15) is 0 Å². The molecule has 18 heavy (non-hydrogen) atoms. The SMILES string of the molecule is O=P(O)(O)c1ccc2ccc3ccccc3c2n1. The quantitative estimate of drug-likeness (QED) is 0.519. The topological polar surface area (TPSA) is 70.4 Å². The molecule has 0 bridgehead atoms. The maximum Gasteiger partial charge on any atom is 0.374 e. The molecule has 2 N–H and O–H groups in total. The molecule has 1 aromatic heterocycles. The van der Waals surface area contributed by atoms with Crippen LogP contribution in [0.4, 0.5) is 0 Å². The lowest BCUT2D eigenvalue weighted by atomic mass is 10.1. The molecule has 1 heterocycles. The molecule has 0 atom stereocenters. The first kappa shape index (κ1) is 11.4. The third-order valence-corrected chi connectivity index (χ3v) is 3.71. The van der Waals surface area contributed by atoms with Crippen LogP contribution in [0.2, 0.25) is 0 Å². The van der Waals surface area contributed by atoms with E-state index < -0.39 is 7.60 Å². The highest BCUT2D eigenvalue weighted by molar-refractivity contribution is 7.60. The highest BCUT2D eigenvalue weighted by atomic mass is 31.2. The van der Waals surface area contributed by atoms with Crippen molar-refractivity contribution in [3.8, 4) is 0 Å². The molecule has 3 aromatic rings. The number of hydrogen-bond donors (Lipinski definition) is 2. The second kappa shape index (κ2) is 3.89. The summed E-state index contributed by atoms with van der Waals surface area (Å²) in [5, 5.41) is 2.76. The number of nitrogens with zero attached hydrogens (tertiary/aromatic N) is 1. The van der Waals surface area contributed by atoms with E-state index in [4.69, 9.17) is 9.79 Å². The molecular formula is C13H10NO3P. The fraction of sp³-hybridized carbons (Fsp3) is 0. The van der Waals surface area contributed by atoms with E-state index in [0.29, 0.717) is 5.52 Å². The summed E-state index contributed by atoms with van der Waals surface area (Å²) in [4.78, 5) is 22.4. The van der Waals surface area contributed by atoms with Gasteiger partial charge in [0, 0.05) is 10.8 Å². The van der Waals surface area contributed by atoms with E-state index in [1.165, 1.54) is 6.07 Å². The van der Waals surface area contributed by atoms with Gasteiger partial charge in [0.25, 0.3) is 0 Å². The summed E-state index contributed by atoms with van der Waals surface area (Å²) in [5.41, 5.74) is 0.431. The Bertz CT molecular complexity index is 794. The van der Waals surface area contributed by atoms with Crippen LogP contribution in [0.25, 0.3) is 21.7 Å². The Morgan fingerprint density at radius 2 is 1.56 bits per heavy atom. The smallest absolute Gasteiger partial charge is 0.320 e. The van der Waals surface area contributed by atoms with Gasteiger partial charge in [0.15, 0.2) is 5.44 Å². The van der Waals surface area contributed by atoms with Crippen molar-refractivity contribution in [3.05, 3.63) is 48.5 Å². The molecule has 0 aliphatic heterocycles. The molecule has 3 rings (SSSR count). The van der Waals surface area contributed by atoms with Crippen molar-refractivity contribution in [2.24, 2.45) is 0 Å². The van der Waals surface area contributed by atoms with Gasteiger partial charge >= 0.3 is 7.60 Å². The molecule has 2 aromatic carbocycles. The van der Waals surface area contributed by atoms with Crippen LogP contribution in [-0.2, 0) is 4.57 Å². The van der Waals surface area contributed by atoms with E-state index in [-0.39, 0.29) is 5.44 Å². The summed E-state index contributed by atoms with van der Waals surface area (Å²) in [5.74, 6) is 0. The van der Waals surface area contributed by atoms with E-state index >= 15 is 0 Å². The van der Waals surface area contributed by atoms with Crippen molar-refractivity contribution in [1.29, 1.82) is 0 Å². The summed E-state index contributed by atoms with van der Waals surface area (Å²) in [6, 6.07) is 14.6. The number of pyridine rings is 1. The Hall–Kier alpha value is -1.74. The van der Waals surface area contributed by atoms with Crippen LogP contribution >= 0.6 is 7.60 Å². The Kier molecular flexibility index (Phi) is 2.45. The van der Waals surface area contributed by atoms with E-state index in [1.54, 1.807) is 6.07 Å². The van der Waals surface area contributed by atoms with Crippen molar-refractivity contribution in [1.82, 2.24) is 4.98 Å². The number of hydrogen-bond acceptors (Lipinski definition) is 2. The highest BCUT2D eigenvalue weighted by Crippen LogP contribution is 2.33. The molecule has 0 radical (unpaired) electrons. The Labute approximate surface area is 103 Å². The van der Waals surface area contributed by atoms with E-state index in [0.717, 1.165) is 16.2 Å². The lowest BCUT2D eigenvalue weighted by Gasteiger charge is -2.06. The molecule has 0 aliphatic rings. The van der Waals surface area contributed by atoms with E-state index in [9.17, 15) is 4.57 Å².